The Labute approximate surface area is 122 Å². The molecule has 5 nitrogen and oxygen atoms in total. The van der Waals surface area contributed by atoms with Crippen LogP contribution in [-0.4, -0.2) is 27.9 Å². The molecular weight excluding hydrogens is 272 g/mol. The molecule has 2 rings (SSSR count). The number of hydrogen-bond acceptors (Lipinski definition) is 3. The maximum absolute atomic E-state index is 11.9. The molecule has 0 aromatic heterocycles. The molecule has 1 aromatic carbocycles. The van der Waals surface area contributed by atoms with Crippen LogP contribution in [0.4, 0.5) is 0 Å². The number of Topliss-reactive ketones (excluding diaryl/α,β-unsaturated/α-hetero) is 1. The Hall–Kier alpha value is -2.17. The summed E-state index contributed by atoms with van der Waals surface area (Å²) in [5, 5.41) is 18.2. The van der Waals surface area contributed by atoms with Crippen molar-refractivity contribution in [3.63, 3.8) is 0 Å². The largest absolute Gasteiger partial charge is 0.481 e. The zero-order valence-electron chi connectivity index (χ0n) is 11.8. The fourth-order valence-corrected chi connectivity index (χ4v) is 2.59. The van der Waals surface area contributed by atoms with Crippen molar-refractivity contribution in [2.45, 2.75) is 32.1 Å². The Morgan fingerprint density at radius 2 is 1.62 bits per heavy atom. The highest BCUT2D eigenvalue weighted by molar-refractivity contribution is 5.99. The van der Waals surface area contributed by atoms with E-state index in [1.54, 1.807) is 31.2 Å². The molecule has 1 aromatic rings. The van der Waals surface area contributed by atoms with Crippen LogP contribution in [0, 0.1) is 11.8 Å². The molecule has 2 N–H and O–H groups in total. The van der Waals surface area contributed by atoms with Gasteiger partial charge in [0.05, 0.1) is 0 Å². The van der Waals surface area contributed by atoms with E-state index in [-0.39, 0.29) is 11.7 Å². The molecule has 0 bridgehead atoms. The van der Waals surface area contributed by atoms with Gasteiger partial charge in [0.1, 0.15) is 0 Å². The summed E-state index contributed by atoms with van der Waals surface area (Å²) in [6, 6.07) is 6.67. The number of ketones is 1. The summed E-state index contributed by atoms with van der Waals surface area (Å²) < 4.78 is 0. The van der Waals surface area contributed by atoms with Crippen LogP contribution in [0.15, 0.2) is 24.3 Å². The number of benzene rings is 1. The van der Waals surface area contributed by atoms with Crippen LogP contribution < -0.4 is 0 Å². The SMILES string of the molecule is CCC(c1ccc(C(=O)C2CC2)cc1)C(C(=O)O)C(=O)O. The standard InChI is InChI=1S/C16H18O5/c1-2-12(13(15(18)19)16(20)21)9-3-5-10(6-4-9)14(17)11-7-8-11/h3-6,11-13H,2,7-8H2,1H3,(H,18,19)(H,20,21). The Kier molecular flexibility index (Phi) is 4.40. The lowest BCUT2D eigenvalue weighted by atomic mass is 9.83. The fraction of sp³-hybridized carbons (Fsp3) is 0.438. The van der Waals surface area contributed by atoms with Crippen molar-refractivity contribution in [2.75, 3.05) is 0 Å². The van der Waals surface area contributed by atoms with E-state index in [9.17, 15) is 14.4 Å². The van der Waals surface area contributed by atoms with Crippen molar-refractivity contribution in [3.8, 4) is 0 Å². The van der Waals surface area contributed by atoms with Gasteiger partial charge in [0, 0.05) is 17.4 Å². The Morgan fingerprint density at radius 3 is 2.00 bits per heavy atom. The minimum Gasteiger partial charge on any atom is -0.481 e. The number of aliphatic carboxylic acids is 2. The monoisotopic (exact) mass is 290 g/mol. The third-order valence-electron chi connectivity index (χ3n) is 3.95. The first-order valence-corrected chi connectivity index (χ1v) is 7.05. The van der Waals surface area contributed by atoms with Gasteiger partial charge in [-0.15, -0.1) is 0 Å². The number of carboxylic acid groups (broad SMARTS) is 2. The smallest absolute Gasteiger partial charge is 0.318 e. The van der Waals surface area contributed by atoms with Crippen molar-refractivity contribution in [2.24, 2.45) is 11.8 Å². The summed E-state index contributed by atoms with van der Waals surface area (Å²) in [6.45, 7) is 1.76. The fourth-order valence-electron chi connectivity index (χ4n) is 2.59. The second-order valence-electron chi connectivity index (χ2n) is 5.43. The lowest BCUT2D eigenvalue weighted by molar-refractivity contribution is -0.155. The molecule has 0 radical (unpaired) electrons. The molecule has 1 atom stereocenters. The lowest BCUT2D eigenvalue weighted by Crippen LogP contribution is -2.29. The van der Waals surface area contributed by atoms with E-state index in [4.69, 9.17) is 10.2 Å². The molecule has 1 saturated carbocycles. The van der Waals surface area contributed by atoms with Gasteiger partial charge in [-0.3, -0.25) is 14.4 Å². The molecular formula is C16H18O5. The van der Waals surface area contributed by atoms with Gasteiger partial charge in [-0.05, 0) is 24.8 Å². The van der Waals surface area contributed by atoms with E-state index >= 15 is 0 Å². The average molecular weight is 290 g/mol. The van der Waals surface area contributed by atoms with Gasteiger partial charge in [0.15, 0.2) is 11.7 Å². The van der Waals surface area contributed by atoms with E-state index in [2.05, 4.69) is 0 Å². The second kappa shape index (κ2) is 6.08. The van der Waals surface area contributed by atoms with Gasteiger partial charge in [-0.1, -0.05) is 31.2 Å². The van der Waals surface area contributed by atoms with Crippen LogP contribution in [0.5, 0.6) is 0 Å². The van der Waals surface area contributed by atoms with Crippen LogP contribution in [0.2, 0.25) is 0 Å². The summed E-state index contributed by atoms with van der Waals surface area (Å²) in [5.41, 5.74) is 1.25. The van der Waals surface area contributed by atoms with Gasteiger partial charge in [0.2, 0.25) is 0 Å². The quantitative estimate of drug-likeness (QED) is 0.594. The molecule has 0 amide bonds. The average Bonchev–Trinajstić information content (AvgIpc) is 3.27. The molecule has 112 valence electrons. The lowest BCUT2D eigenvalue weighted by Gasteiger charge is -2.20. The Balaban J connectivity index is 2.23. The predicted molar refractivity (Wildman–Crippen MR) is 75.3 cm³/mol. The summed E-state index contributed by atoms with van der Waals surface area (Å²) in [4.78, 5) is 34.2. The molecule has 1 fully saturated rings. The number of carboxylic acids is 2. The maximum Gasteiger partial charge on any atom is 0.318 e. The van der Waals surface area contributed by atoms with Crippen molar-refractivity contribution in [3.05, 3.63) is 35.4 Å². The van der Waals surface area contributed by atoms with Crippen molar-refractivity contribution < 1.29 is 24.6 Å². The second-order valence-corrected chi connectivity index (χ2v) is 5.43. The van der Waals surface area contributed by atoms with Crippen LogP contribution in [-0.2, 0) is 9.59 Å². The van der Waals surface area contributed by atoms with Crippen molar-refractivity contribution in [1.82, 2.24) is 0 Å². The van der Waals surface area contributed by atoms with E-state index < -0.39 is 23.8 Å². The van der Waals surface area contributed by atoms with E-state index in [1.165, 1.54) is 0 Å². The Bertz CT molecular complexity index is 543. The normalized spacial score (nSPS) is 15.7. The first-order valence-electron chi connectivity index (χ1n) is 7.05. The number of carbonyl (C=O) groups is 3. The minimum atomic E-state index is -1.47. The summed E-state index contributed by atoms with van der Waals surface area (Å²) in [5.74, 6) is -4.52. The zero-order chi connectivity index (χ0) is 15.6. The van der Waals surface area contributed by atoms with Gasteiger partial charge >= 0.3 is 11.9 Å². The van der Waals surface area contributed by atoms with Gasteiger partial charge in [0.25, 0.3) is 0 Å². The first-order chi connectivity index (χ1) is 9.95. The summed E-state index contributed by atoms with van der Waals surface area (Å²) in [6.07, 6.45) is 2.26. The summed E-state index contributed by atoms with van der Waals surface area (Å²) >= 11 is 0. The molecule has 1 unspecified atom stereocenters. The van der Waals surface area contributed by atoms with Crippen LogP contribution in [0.25, 0.3) is 0 Å². The third kappa shape index (κ3) is 3.29. The molecule has 5 heteroatoms. The van der Waals surface area contributed by atoms with Crippen LogP contribution in [0.1, 0.15) is 48.0 Å². The maximum atomic E-state index is 11.9. The molecule has 0 spiro atoms. The molecule has 0 aliphatic heterocycles. The predicted octanol–water partition coefficient (Wildman–Crippen LogP) is 2.56. The molecule has 1 aliphatic carbocycles. The Morgan fingerprint density at radius 1 is 1.10 bits per heavy atom. The van der Waals surface area contributed by atoms with Crippen molar-refractivity contribution >= 4 is 17.7 Å². The molecule has 0 saturated heterocycles. The zero-order valence-corrected chi connectivity index (χ0v) is 11.8. The van der Waals surface area contributed by atoms with E-state index in [1.807, 2.05) is 0 Å². The van der Waals surface area contributed by atoms with Gasteiger partial charge < -0.3 is 10.2 Å². The first kappa shape index (κ1) is 15.2. The molecule has 1 aliphatic rings. The van der Waals surface area contributed by atoms with E-state index in [0.717, 1.165) is 12.8 Å². The van der Waals surface area contributed by atoms with E-state index in [0.29, 0.717) is 17.5 Å². The van der Waals surface area contributed by atoms with Crippen LogP contribution in [0.3, 0.4) is 0 Å². The highest BCUT2D eigenvalue weighted by atomic mass is 16.4. The van der Waals surface area contributed by atoms with Gasteiger partial charge in [-0.2, -0.15) is 0 Å². The number of rotatable bonds is 7. The summed E-state index contributed by atoms with van der Waals surface area (Å²) in [7, 11) is 0. The molecule has 21 heavy (non-hydrogen) atoms. The topological polar surface area (TPSA) is 91.7 Å². The highest BCUT2D eigenvalue weighted by Gasteiger charge is 2.35. The van der Waals surface area contributed by atoms with Crippen LogP contribution >= 0.6 is 0 Å². The van der Waals surface area contributed by atoms with Gasteiger partial charge in [-0.25, -0.2) is 0 Å². The number of carbonyl (C=O) groups excluding carboxylic acids is 1. The number of hydrogen-bond donors (Lipinski definition) is 2. The highest BCUT2D eigenvalue weighted by Crippen LogP contribution is 2.34. The molecule has 0 heterocycles. The minimum absolute atomic E-state index is 0.114. The van der Waals surface area contributed by atoms with Crippen molar-refractivity contribution in [1.29, 1.82) is 0 Å². The third-order valence-corrected chi connectivity index (χ3v) is 3.95.